The highest BCUT2D eigenvalue weighted by atomic mass is 35.5. The number of halogens is 2. The highest BCUT2D eigenvalue weighted by Crippen LogP contribution is 2.52. The van der Waals surface area contributed by atoms with E-state index in [1.54, 1.807) is 4.31 Å². The number of rotatable bonds is 8. The van der Waals surface area contributed by atoms with Crippen LogP contribution in [0.2, 0.25) is 10.0 Å². The number of piperazine rings is 1. The van der Waals surface area contributed by atoms with E-state index in [9.17, 15) is 18.3 Å². The molecule has 2 saturated heterocycles. The maximum Gasteiger partial charge on any atom is 0.303 e. The number of carboxylic acids is 1. The fourth-order valence-corrected chi connectivity index (χ4v) is 8.83. The SMILES string of the molecule is CC(C)(C)[C@@H](CS(=O)(=O)N1CCNCC1)N1C[C@@](C)(CC(=O)O)C[C@H](c2cccc(Cl)c2)[C@H]1c1ccc(Cl)cc1. The van der Waals surface area contributed by atoms with Gasteiger partial charge in [0, 0.05) is 60.8 Å². The second kappa shape index (κ2) is 12.3. The lowest BCUT2D eigenvalue weighted by Gasteiger charge is -2.55. The molecule has 7 nitrogen and oxygen atoms in total. The number of benzene rings is 2. The van der Waals surface area contributed by atoms with Gasteiger partial charge in [0.1, 0.15) is 0 Å². The van der Waals surface area contributed by atoms with Crippen molar-refractivity contribution in [3.05, 3.63) is 69.7 Å². The minimum atomic E-state index is -3.58. The molecule has 0 spiro atoms. The zero-order chi connectivity index (χ0) is 29.3. The van der Waals surface area contributed by atoms with Crippen LogP contribution in [-0.4, -0.2) is 73.2 Å². The number of piperidine rings is 1. The smallest absolute Gasteiger partial charge is 0.303 e. The number of hydrogen-bond acceptors (Lipinski definition) is 5. The first kappa shape index (κ1) is 31.3. The molecule has 0 bridgehead atoms. The van der Waals surface area contributed by atoms with E-state index in [2.05, 4.69) is 31.0 Å². The molecule has 2 aromatic rings. The molecule has 0 unspecified atom stereocenters. The Kier molecular flexibility index (Phi) is 9.60. The Morgan fingerprint density at radius 1 is 1.07 bits per heavy atom. The number of nitrogens with one attached hydrogen (secondary N) is 1. The molecular weight excluding hydrogens is 569 g/mol. The second-order valence-corrected chi connectivity index (χ2v) is 15.6. The minimum absolute atomic E-state index is 0.0185. The first-order valence-corrected chi connectivity index (χ1v) is 16.2. The molecule has 0 radical (unpaired) electrons. The molecule has 0 aromatic heterocycles. The molecule has 2 fully saturated rings. The molecule has 4 rings (SSSR count). The Morgan fingerprint density at radius 3 is 2.30 bits per heavy atom. The van der Waals surface area contributed by atoms with Crippen LogP contribution in [0.3, 0.4) is 0 Å². The Hall–Kier alpha value is -1.68. The van der Waals surface area contributed by atoms with Gasteiger partial charge < -0.3 is 10.4 Å². The van der Waals surface area contributed by atoms with Crippen molar-refractivity contribution in [2.24, 2.45) is 10.8 Å². The monoisotopic (exact) mass is 609 g/mol. The molecule has 2 aliphatic rings. The number of sulfonamides is 1. The molecule has 220 valence electrons. The number of aliphatic carboxylic acids is 1. The largest absolute Gasteiger partial charge is 0.481 e. The van der Waals surface area contributed by atoms with Gasteiger partial charge in [-0.1, -0.05) is 75.2 Å². The molecule has 0 aliphatic carbocycles. The van der Waals surface area contributed by atoms with Crippen LogP contribution in [0.15, 0.2) is 48.5 Å². The molecule has 2 N–H and O–H groups in total. The van der Waals surface area contributed by atoms with E-state index in [1.807, 2.05) is 55.5 Å². The normalized spacial score (nSPS) is 25.9. The molecule has 0 saturated carbocycles. The first-order chi connectivity index (χ1) is 18.7. The number of hydrogen-bond donors (Lipinski definition) is 2. The number of nitrogens with zero attached hydrogens (tertiary/aromatic N) is 2. The maximum atomic E-state index is 13.9. The summed E-state index contributed by atoms with van der Waals surface area (Å²) in [6.45, 7) is 10.8. The molecule has 2 aliphatic heterocycles. The van der Waals surface area contributed by atoms with Crippen molar-refractivity contribution in [1.29, 1.82) is 0 Å². The highest BCUT2D eigenvalue weighted by Gasteiger charge is 2.50. The van der Waals surface area contributed by atoms with Crippen molar-refractivity contribution in [3.8, 4) is 0 Å². The third-order valence-electron chi connectivity index (χ3n) is 8.32. The van der Waals surface area contributed by atoms with Crippen molar-refractivity contribution < 1.29 is 18.3 Å². The van der Waals surface area contributed by atoms with Gasteiger partial charge in [-0.2, -0.15) is 4.31 Å². The lowest BCUT2D eigenvalue weighted by Crippen LogP contribution is -2.59. The molecular formula is C30H41Cl2N3O4S. The summed E-state index contributed by atoms with van der Waals surface area (Å²) in [5.41, 5.74) is 1.00. The van der Waals surface area contributed by atoms with Crippen LogP contribution >= 0.6 is 23.2 Å². The van der Waals surface area contributed by atoms with Crippen LogP contribution in [0.25, 0.3) is 0 Å². The van der Waals surface area contributed by atoms with E-state index in [-0.39, 0.29) is 30.2 Å². The molecule has 4 atom stereocenters. The molecule has 2 aromatic carbocycles. The summed E-state index contributed by atoms with van der Waals surface area (Å²) in [6, 6.07) is 14.9. The van der Waals surface area contributed by atoms with Gasteiger partial charge in [-0.15, -0.1) is 0 Å². The third kappa shape index (κ3) is 7.39. The second-order valence-electron chi connectivity index (χ2n) is 12.7. The minimum Gasteiger partial charge on any atom is -0.481 e. The fourth-order valence-electron chi connectivity index (χ4n) is 6.47. The molecule has 2 heterocycles. The maximum absolute atomic E-state index is 13.9. The summed E-state index contributed by atoms with van der Waals surface area (Å²) >= 11 is 12.7. The summed E-state index contributed by atoms with van der Waals surface area (Å²) in [6.07, 6.45) is 0.597. The van der Waals surface area contributed by atoms with Crippen molar-refractivity contribution >= 4 is 39.2 Å². The summed E-state index contributed by atoms with van der Waals surface area (Å²) < 4.78 is 29.3. The van der Waals surface area contributed by atoms with Gasteiger partial charge in [-0.05, 0) is 52.6 Å². The Labute approximate surface area is 248 Å². The van der Waals surface area contributed by atoms with Crippen LogP contribution in [0.1, 0.15) is 63.6 Å². The van der Waals surface area contributed by atoms with Gasteiger partial charge in [0.15, 0.2) is 0 Å². The predicted octanol–water partition coefficient (Wildman–Crippen LogP) is 5.65. The Morgan fingerprint density at radius 2 is 1.73 bits per heavy atom. The van der Waals surface area contributed by atoms with Crippen LogP contribution < -0.4 is 5.32 Å². The average molecular weight is 611 g/mol. The van der Waals surface area contributed by atoms with Crippen molar-refractivity contribution in [1.82, 2.24) is 14.5 Å². The standard InChI is InChI=1S/C30H41Cl2N3O4S/c1-29(2,3)26(19-40(38,39)34-14-12-33-13-15-34)35-20-30(4,18-27(36)37)17-25(22-6-5-7-24(32)16-22)28(35)21-8-10-23(31)11-9-21/h5-11,16,25-26,28,33H,12-15,17-20H2,1-4H3,(H,36,37)/t25-,26-,28-,30-/m1/s1. The summed E-state index contributed by atoms with van der Waals surface area (Å²) in [5, 5.41) is 14.4. The van der Waals surface area contributed by atoms with Gasteiger partial charge in [0.25, 0.3) is 0 Å². The van der Waals surface area contributed by atoms with Gasteiger partial charge >= 0.3 is 5.97 Å². The van der Waals surface area contributed by atoms with Crippen molar-refractivity contribution in [2.45, 2.75) is 58.5 Å². The zero-order valence-electron chi connectivity index (χ0n) is 23.7. The van der Waals surface area contributed by atoms with E-state index < -0.39 is 26.8 Å². The lowest BCUT2D eigenvalue weighted by molar-refractivity contribution is -0.141. The van der Waals surface area contributed by atoms with Crippen molar-refractivity contribution in [3.63, 3.8) is 0 Å². The highest BCUT2D eigenvalue weighted by molar-refractivity contribution is 7.89. The number of carbonyl (C=O) groups is 1. The van der Waals surface area contributed by atoms with Crippen LogP contribution in [-0.2, 0) is 14.8 Å². The van der Waals surface area contributed by atoms with Gasteiger partial charge in [0.2, 0.25) is 10.0 Å². The topological polar surface area (TPSA) is 90.0 Å². The number of likely N-dealkylation sites (tertiary alicyclic amines) is 1. The fraction of sp³-hybridized carbons (Fsp3) is 0.567. The summed E-state index contributed by atoms with van der Waals surface area (Å²) in [4.78, 5) is 14.4. The van der Waals surface area contributed by atoms with E-state index >= 15 is 0 Å². The molecule has 10 heteroatoms. The van der Waals surface area contributed by atoms with Gasteiger partial charge in [0.05, 0.1) is 12.2 Å². The quantitative estimate of drug-likeness (QED) is 0.402. The number of carboxylic acid groups (broad SMARTS) is 1. The molecule has 40 heavy (non-hydrogen) atoms. The lowest BCUT2D eigenvalue weighted by atomic mass is 9.66. The Bertz CT molecular complexity index is 1290. The van der Waals surface area contributed by atoms with Gasteiger partial charge in [-0.3, -0.25) is 9.69 Å². The van der Waals surface area contributed by atoms with E-state index in [0.29, 0.717) is 49.2 Å². The Balaban J connectivity index is 1.88. The molecule has 0 amide bonds. The van der Waals surface area contributed by atoms with Crippen LogP contribution in [0, 0.1) is 10.8 Å². The van der Waals surface area contributed by atoms with E-state index in [1.165, 1.54) is 0 Å². The summed E-state index contributed by atoms with van der Waals surface area (Å²) in [5.74, 6) is -1.03. The van der Waals surface area contributed by atoms with Crippen molar-refractivity contribution in [2.75, 3.05) is 38.5 Å². The van der Waals surface area contributed by atoms with E-state index in [4.69, 9.17) is 23.2 Å². The summed E-state index contributed by atoms with van der Waals surface area (Å²) in [7, 11) is -3.58. The van der Waals surface area contributed by atoms with Crippen LogP contribution in [0.5, 0.6) is 0 Å². The predicted molar refractivity (Wildman–Crippen MR) is 162 cm³/mol. The van der Waals surface area contributed by atoms with Crippen LogP contribution in [0.4, 0.5) is 0 Å². The van der Waals surface area contributed by atoms with Gasteiger partial charge in [-0.25, -0.2) is 8.42 Å². The zero-order valence-corrected chi connectivity index (χ0v) is 26.1. The average Bonchev–Trinajstić information content (AvgIpc) is 2.87. The first-order valence-electron chi connectivity index (χ1n) is 13.9. The third-order valence-corrected chi connectivity index (χ3v) is 10.7. The van der Waals surface area contributed by atoms with E-state index in [0.717, 1.165) is 11.1 Å².